The lowest BCUT2D eigenvalue weighted by atomic mass is 9.94. The second-order valence-corrected chi connectivity index (χ2v) is 4.32. The van der Waals surface area contributed by atoms with Crippen molar-refractivity contribution in [1.82, 2.24) is 0 Å². The molecule has 1 heteroatoms. The molecule has 84 valence electrons. The summed E-state index contributed by atoms with van der Waals surface area (Å²) in [6.45, 7) is 4.27. The highest BCUT2D eigenvalue weighted by molar-refractivity contribution is 6.13. The lowest BCUT2D eigenvalue weighted by Gasteiger charge is -2.09. The first-order chi connectivity index (χ1) is 7.79. The molecule has 0 aromatic heterocycles. The Kier molecular flexibility index (Phi) is 3.23. The van der Waals surface area contributed by atoms with Gasteiger partial charge in [-0.3, -0.25) is 4.79 Å². The Morgan fingerprint density at radius 2 is 1.88 bits per heavy atom. The second kappa shape index (κ2) is 4.65. The van der Waals surface area contributed by atoms with Gasteiger partial charge in [-0.05, 0) is 24.0 Å². The average molecular weight is 214 g/mol. The number of fused-ring (bicyclic) bond motifs is 1. The average Bonchev–Trinajstić information content (AvgIpc) is 2.57. The maximum Gasteiger partial charge on any atom is 0.170 e. The summed E-state index contributed by atoms with van der Waals surface area (Å²) >= 11 is 0. The topological polar surface area (TPSA) is 17.1 Å². The molecule has 0 bridgehead atoms. The highest BCUT2D eigenvalue weighted by Gasteiger charge is 2.33. The van der Waals surface area contributed by atoms with Crippen molar-refractivity contribution in [2.75, 3.05) is 0 Å². The molecule has 0 saturated heterocycles. The molecule has 16 heavy (non-hydrogen) atoms. The molecule has 0 N–H and O–H groups in total. The Balaban J connectivity index is 2.48. The van der Waals surface area contributed by atoms with E-state index in [0.29, 0.717) is 5.78 Å². The number of benzene rings is 1. The Morgan fingerprint density at radius 1 is 1.19 bits per heavy atom. The van der Waals surface area contributed by atoms with Crippen molar-refractivity contribution in [3.8, 4) is 0 Å². The zero-order valence-corrected chi connectivity index (χ0v) is 9.99. The SMILES string of the molecule is CC/C=C1/c2ccccc2C(=O)C1CCC. The van der Waals surface area contributed by atoms with Crippen LogP contribution in [0.3, 0.4) is 0 Å². The number of hydrogen-bond donors (Lipinski definition) is 0. The first kappa shape index (κ1) is 11.1. The van der Waals surface area contributed by atoms with Gasteiger partial charge in [-0.2, -0.15) is 0 Å². The van der Waals surface area contributed by atoms with Crippen LogP contribution in [0.1, 0.15) is 49.0 Å². The number of allylic oxidation sites excluding steroid dienone is 2. The summed E-state index contributed by atoms with van der Waals surface area (Å²) in [7, 11) is 0. The van der Waals surface area contributed by atoms with Crippen LogP contribution in [-0.4, -0.2) is 5.78 Å². The summed E-state index contributed by atoms with van der Waals surface area (Å²) in [6, 6.07) is 8.00. The first-order valence-electron chi connectivity index (χ1n) is 6.13. The van der Waals surface area contributed by atoms with Crippen molar-refractivity contribution in [2.45, 2.75) is 33.1 Å². The molecule has 0 radical (unpaired) electrons. The molecule has 1 atom stereocenters. The smallest absolute Gasteiger partial charge is 0.170 e. The van der Waals surface area contributed by atoms with Gasteiger partial charge >= 0.3 is 0 Å². The third-order valence-corrected chi connectivity index (χ3v) is 3.20. The fourth-order valence-corrected chi connectivity index (χ4v) is 2.51. The number of ketones is 1. The minimum atomic E-state index is 0.113. The van der Waals surface area contributed by atoms with Gasteiger partial charge in [0.05, 0.1) is 0 Å². The van der Waals surface area contributed by atoms with Gasteiger partial charge in [-0.1, -0.05) is 50.6 Å². The molecule has 1 aliphatic carbocycles. The third kappa shape index (κ3) is 1.71. The van der Waals surface area contributed by atoms with Gasteiger partial charge in [-0.15, -0.1) is 0 Å². The lowest BCUT2D eigenvalue weighted by molar-refractivity contribution is 0.0953. The Bertz CT molecular complexity index is 429. The second-order valence-electron chi connectivity index (χ2n) is 4.32. The number of carbonyl (C=O) groups excluding carboxylic acids is 1. The molecule has 1 aromatic rings. The van der Waals surface area contributed by atoms with Gasteiger partial charge in [0, 0.05) is 11.5 Å². The number of rotatable bonds is 3. The van der Waals surface area contributed by atoms with E-state index in [2.05, 4.69) is 26.0 Å². The van der Waals surface area contributed by atoms with Crippen LogP contribution in [0.5, 0.6) is 0 Å². The Hall–Kier alpha value is -1.37. The van der Waals surface area contributed by atoms with Crippen LogP contribution in [0.15, 0.2) is 30.3 Å². The van der Waals surface area contributed by atoms with Crippen molar-refractivity contribution < 1.29 is 4.79 Å². The van der Waals surface area contributed by atoms with E-state index < -0.39 is 0 Å². The van der Waals surface area contributed by atoms with Crippen molar-refractivity contribution in [1.29, 1.82) is 0 Å². The molecule has 1 nitrogen and oxygen atoms in total. The van der Waals surface area contributed by atoms with Crippen molar-refractivity contribution in [3.63, 3.8) is 0 Å². The van der Waals surface area contributed by atoms with Gasteiger partial charge in [0.2, 0.25) is 0 Å². The van der Waals surface area contributed by atoms with Crippen LogP contribution < -0.4 is 0 Å². The molecule has 2 rings (SSSR count). The fourth-order valence-electron chi connectivity index (χ4n) is 2.51. The summed E-state index contributed by atoms with van der Waals surface area (Å²) in [5.74, 6) is 0.430. The monoisotopic (exact) mass is 214 g/mol. The summed E-state index contributed by atoms with van der Waals surface area (Å²) in [5, 5.41) is 0. The van der Waals surface area contributed by atoms with E-state index in [-0.39, 0.29) is 5.92 Å². The molecular weight excluding hydrogens is 196 g/mol. The fraction of sp³-hybridized carbons (Fsp3) is 0.400. The lowest BCUT2D eigenvalue weighted by Crippen LogP contribution is -2.07. The quantitative estimate of drug-likeness (QED) is 0.740. The van der Waals surface area contributed by atoms with E-state index in [1.165, 1.54) is 5.57 Å². The van der Waals surface area contributed by atoms with Crippen molar-refractivity contribution in [3.05, 3.63) is 41.5 Å². The summed E-state index contributed by atoms with van der Waals surface area (Å²) in [4.78, 5) is 12.2. The molecule has 0 heterocycles. The van der Waals surface area contributed by atoms with Gasteiger partial charge in [0.1, 0.15) is 0 Å². The zero-order chi connectivity index (χ0) is 11.5. The van der Waals surface area contributed by atoms with E-state index in [1.54, 1.807) is 0 Å². The van der Waals surface area contributed by atoms with Crippen LogP contribution >= 0.6 is 0 Å². The molecule has 1 aliphatic rings. The maximum atomic E-state index is 12.2. The molecule has 1 unspecified atom stereocenters. The van der Waals surface area contributed by atoms with E-state index in [9.17, 15) is 4.79 Å². The van der Waals surface area contributed by atoms with Gasteiger partial charge < -0.3 is 0 Å². The van der Waals surface area contributed by atoms with Crippen molar-refractivity contribution in [2.24, 2.45) is 5.92 Å². The summed E-state index contributed by atoms with van der Waals surface area (Å²) in [5.41, 5.74) is 3.33. The molecule has 0 spiro atoms. The van der Waals surface area contributed by atoms with E-state index in [4.69, 9.17) is 0 Å². The highest BCUT2D eigenvalue weighted by Crippen LogP contribution is 2.39. The number of carbonyl (C=O) groups is 1. The molecule has 1 aromatic carbocycles. The van der Waals surface area contributed by atoms with Gasteiger partial charge in [0.25, 0.3) is 0 Å². The number of hydrogen-bond acceptors (Lipinski definition) is 1. The maximum absolute atomic E-state index is 12.2. The van der Waals surface area contributed by atoms with Crippen LogP contribution in [0.25, 0.3) is 5.57 Å². The Labute approximate surface area is 97.2 Å². The first-order valence-corrected chi connectivity index (χ1v) is 6.13. The summed E-state index contributed by atoms with van der Waals surface area (Å²) < 4.78 is 0. The van der Waals surface area contributed by atoms with E-state index in [1.807, 2.05) is 18.2 Å². The largest absolute Gasteiger partial charge is 0.293 e. The van der Waals surface area contributed by atoms with Crippen molar-refractivity contribution >= 4 is 11.4 Å². The predicted octanol–water partition coefficient (Wildman–Crippen LogP) is 4.09. The highest BCUT2D eigenvalue weighted by atomic mass is 16.1. The third-order valence-electron chi connectivity index (χ3n) is 3.20. The molecule has 0 amide bonds. The Morgan fingerprint density at radius 3 is 2.50 bits per heavy atom. The predicted molar refractivity (Wildman–Crippen MR) is 67.4 cm³/mol. The zero-order valence-electron chi connectivity index (χ0n) is 9.99. The number of Topliss-reactive ketones (excluding diaryl/α,β-unsaturated/α-hetero) is 1. The van der Waals surface area contributed by atoms with Gasteiger partial charge in [0.15, 0.2) is 5.78 Å². The standard InChI is InChI=1S/C15H18O/c1-3-7-11-12-9-5-6-10-14(12)15(16)13(11)8-4-2/h5-7,9-10,13H,3-4,8H2,1-2H3/b11-7-. The normalized spacial score (nSPS) is 21.5. The minimum absolute atomic E-state index is 0.113. The van der Waals surface area contributed by atoms with Crippen LogP contribution in [0.2, 0.25) is 0 Å². The van der Waals surface area contributed by atoms with E-state index >= 15 is 0 Å². The van der Waals surface area contributed by atoms with Crippen LogP contribution in [0.4, 0.5) is 0 Å². The minimum Gasteiger partial charge on any atom is -0.293 e. The molecular formula is C15H18O. The van der Waals surface area contributed by atoms with Crippen LogP contribution in [0, 0.1) is 5.92 Å². The molecule has 0 aliphatic heterocycles. The van der Waals surface area contributed by atoms with E-state index in [0.717, 1.165) is 30.4 Å². The van der Waals surface area contributed by atoms with Gasteiger partial charge in [-0.25, -0.2) is 0 Å². The van der Waals surface area contributed by atoms with Crippen LogP contribution in [-0.2, 0) is 0 Å². The molecule has 0 fully saturated rings. The summed E-state index contributed by atoms with van der Waals surface area (Å²) in [6.07, 6.45) is 5.24. The molecule has 0 saturated carbocycles.